The summed E-state index contributed by atoms with van der Waals surface area (Å²) >= 11 is 6.16. The lowest BCUT2D eigenvalue weighted by molar-refractivity contribution is -0.111. The van der Waals surface area contributed by atoms with Crippen molar-refractivity contribution in [3.05, 3.63) is 68.9 Å². The molecule has 0 unspecified atom stereocenters. The third-order valence-electron chi connectivity index (χ3n) is 4.40. The Bertz CT molecular complexity index is 1090. The van der Waals surface area contributed by atoms with Gasteiger partial charge in [-0.3, -0.25) is 19.0 Å². The fraction of sp³-hybridized carbons (Fsp3) is 0.211. The van der Waals surface area contributed by atoms with Gasteiger partial charge in [-0.1, -0.05) is 29.8 Å². The normalized spacial score (nSPS) is 11.3. The molecule has 0 fully saturated rings. The summed E-state index contributed by atoms with van der Waals surface area (Å²) in [7, 11) is 3.50. The maximum absolute atomic E-state index is 12.8. The maximum atomic E-state index is 12.8. The minimum Gasteiger partial charge on any atom is -0.316 e. The molecule has 3 aromatic rings. The van der Waals surface area contributed by atoms with Crippen LogP contribution in [0.1, 0.15) is 17.0 Å². The Morgan fingerprint density at radius 3 is 2.44 bits per heavy atom. The second kappa shape index (κ2) is 7.28. The fourth-order valence-corrected chi connectivity index (χ4v) is 3.11. The third-order valence-corrected chi connectivity index (χ3v) is 4.85. The van der Waals surface area contributed by atoms with Crippen molar-refractivity contribution < 1.29 is 4.79 Å². The van der Waals surface area contributed by atoms with Crippen LogP contribution in [0.4, 0.5) is 5.69 Å². The Morgan fingerprint density at radius 1 is 1.19 bits per heavy atom. The maximum Gasteiger partial charge on any atom is 0.295 e. The molecule has 140 valence electrons. The molecule has 0 aliphatic rings. The van der Waals surface area contributed by atoms with Gasteiger partial charge in [0.05, 0.1) is 17.1 Å². The van der Waals surface area contributed by atoms with Crippen LogP contribution in [0.25, 0.3) is 11.8 Å². The van der Waals surface area contributed by atoms with Gasteiger partial charge in [-0.05, 0) is 32.1 Å². The summed E-state index contributed by atoms with van der Waals surface area (Å²) in [6.07, 6.45) is 2.93. The first kappa shape index (κ1) is 18.7. The first-order valence-electron chi connectivity index (χ1n) is 8.33. The largest absolute Gasteiger partial charge is 0.316 e. The average molecular weight is 386 g/mol. The standard InChI is InChI=1S/C19H20ClN5O2/c1-12-15(18(20)23(3)22-12)10-11-16(26)21-17-13(2)24(4)25(19(17)27)14-8-6-5-7-9-14/h5-11H,1-4H3,(H,21,26)/b11-10+. The summed E-state index contributed by atoms with van der Waals surface area (Å²) in [6.45, 7) is 3.59. The summed E-state index contributed by atoms with van der Waals surface area (Å²) in [4.78, 5) is 25.2. The molecule has 1 amide bonds. The van der Waals surface area contributed by atoms with E-state index in [1.54, 1.807) is 31.8 Å². The third kappa shape index (κ3) is 3.46. The second-order valence-electron chi connectivity index (χ2n) is 6.17. The Morgan fingerprint density at radius 2 is 1.85 bits per heavy atom. The Kier molecular flexibility index (Phi) is 5.05. The summed E-state index contributed by atoms with van der Waals surface area (Å²) in [5.41, 5.74) is 2.71. The number of aromatic nitrogens is 4. The van der Waals surface area contributed by atoms with Crippen LogP contribution < -0.4 is 10.9 Å². The minimum atomic E-state index is -0.416. The van der Waals surface area contributed by atoms with E-state index in [9.17, 15) is 9.59 Å². The average Bonchev–Trinajstić information content (AvgIpc) is 3.01. The van der Waals surface area contributed by atoms with Crippen LogP contribution in [-0.4, -0.2) is 25.1 Å². The van der Waals surface area contributed by atoms with Crippen molar-refractivity contribution in [1.29, 1.82) is 0 Å². The van der Waals surface area contributed by atoms with Crippen molar-refractivity contribution >= 4 is 29.3 Å². The van der Waals surface area contributed by atoms with E-state index in [1.165, 1.54) is 15.4 Å². The highest BCUT2D eigenvalue weighted by molar-refractivity contribution is 6.31. The number of hydrogen-bond donors (Lipinski definition) is 1. The molecule has 0 spiro atoms. The molecule has 0 aliphatic heterocycles. The first-order chi connectivity index (χ1) is 12.8. The highest BCUT2D eigenvalue weighted by atomic mass is 35.5. The molecule has 2 heterocycles. The number of benzene rings is 1. The van der Waals surface area contributed by atoms with Crippen LogP contribution in [0.3, 0.4) is 0 Å². The minimum absolute atomic E-state index is 0.241. The van der Waals surface area contributed by atoms with Gasteiger partial charge >= 0.3 is 0 Å². The molecule has 8 heteroatoms. The Labute approximate surface area is 161 Å². The van der Waals surface area contributed by atoms with Crippen molar-refractivity contribution in [3.8, 4) is 5.69 Å². The highest BCUT2D eigenvalue weighted by Gasteiger charge is 2.17. The van der Waals surface area contributed by atoms with Gasteiger partial charge in [0, 0.05) is 25.7 Å². The Balaban J connectivity index is 1.89. The highest BCUT2D eigenvalue weighted by Crippen LogP contribution is 2.20. The van der Waals surface area contributed by atoms with Gasteiger partial charge in [-0.15, -0.1) is 0 Å². The fourth-order valence-electron chi connectivity index (χ4n) is 2.87. The SMILES string of the molecule is Cc1nn(C)c(Cl)c1/C=C/C(=O)Nc1c(C)n(C)n(-c2ccccc2)c1=O. The number of hydrogen-bond acceptors (Lipinski definition) is 3. The molecule has 2 aromatic heterocycles. The van der Waals surface area contributed by atoms with E-state index >= 15 is 0 Å². The number of aryl methyl sites for hydroxylation is 2. The van der Waals surface area contributed by atoms with E-state index in [0.29, 0.717) is 22.1 Å². The predicted octanol–water partition coefficient (Wildman–Crippen LogP) is 2.83. The lowest BCUT2D eigenvalue weighted by Gasteiger charge is -2.07. The molecular formula is C19H20ClN5O2. The lowest BCUT2D eigenvalue weighted by atomic mass is 10.2. The van der Waals surface area contributed by atoms with Crippen molar-refractivity contribution in [2.75, 3.05) is 5.32 Å². The molecule has 0 saturated carbocycles. The van der Waals surface area contributed by atoms with Gasteiger partial charge < -0.3 is 5.32 Å². The zero-order chi connectivity index (χ0) is 19.7. The first-order valence-corrected chi connectivity index (χ1v) is 8.71. The van der Waals surface area contributed by atoms with E-state index in [2.05, 4.69) is 10.4 Å². The van der Waals surface area contributed by atoms with Crippen LogP contribution in [0.15, 0.2) is 41.2 Å². The van der Waals surface area contributed by atoms with Gasteiger partial charge in [0.2, 0.25) is 5.91 Å². The number of halogens is 1. The summed E-state index contributed by atoms with van der Waals surface area (Å²) < 4.78 is 4.75. The van der Waals surface area contributed by atoms with Gasteiger partial charge in [0.15, 0.2) is 0 Å². The molecular weight excluding hydrogens is 366 g/mol. The van der Waals surface area contributed by atoms with E-state index in [4.69, 9.17) is 11.6 Å². The van der Waals surface area contributed by atoms with Gasteiger partial charge in [0.25, 0.3) is 5.56 Å². The summed E-state index contributed by atoms with van der Waals surface area (Å²) in [5, 5.41) is 7.31. The molecule has 27 heavy (non-hydrogen) atoms. The van der Waals surface area contributed by atoms with Crippen molar-refractivity contribution in [3.63, 3.8) is 0 Å². The van der Waals surface area contributed by atoms with Crippen LogP contribution >= 0.6 is 11.6 Å². The van der Waals surface area contributed by atoms with E-state index in [0.717, 1.165) is 5.69 Å². The molecule has 0 atom stereocenters. The van der Waals surface area contributed by atoms with E-state index in [-0.39, 0.29) is 11.2 Å². The molecule has 1 N–H and O–H groups in total. The van der Waals surface area contributed by atoms with Crippen LogP contribution in [0.2, 0.25) is 5.15 Å². The number of rotatable bonds is 4. The molecule has 0 saturated heterocycles. The molecule has 3 rings (SSSR count). The zero-order valence-corrected chi connectivity index (χ0v) is 16.3. The topological polar surface area (TPSA) is 73.8 Å². The number of anilines is 1. The zero-order valence-electron chi connectivity index (χ0n) is 15.5. The molecule has 0 bridgehead atoms. The van der Waals surface area contributed by atoms with Gasteiger partial charge in [0.1, 0.15) is 10.8 Å². The molecule has 0 radical (unpaired) electrons. The number of carbonyl (C=O) groups is 1. The number of para-hydroxylation sites is 1. The number of nitrogens with one attached hydrogen (secondary N) is 1. The van der Waals surface area contributed by atoms with Gasteiger partial charge in [-0.25, -0.2) is 4.68 Å². The van der Waals surface area contributed by atoms with Crippen LogP contribution in [-0.2, 0) is 18.9 Å². The second-order valence-corrected chi connectivity index (χ2v) is 6.53. The van der Waals surface area contributed by atoms with Crippen molar-refractivity contribution in [2.24, 2.45) is 14.1 Å². The van der Waals surface area contributed by atoms with Gasteiger partial charge in [-0.2, -0.15) is 5.10 Å². The summed E-state index contributed by atoms with van der Waals surface area (Å²) in [6, 6.07) is 9.25. The quantitative estimate of drug-likeness (QED) is 0.702. The monoisotopic (exact) mass is 385 g/mol. The van der Waals surface area contributed by atoms with E-state index in [1.807, 2.05) is 37.3 Å². The van der Waals surface area contributed by atoms with E-state index < -0.39 is 5.91 Å². The smallest absolute Gasteiger partial charge is 0.295 e. The number of amides is 1. The Hall–Kier alpha value is -3.06. The number of carbonyl (C=O) groups excluding carboxylic acids is 1. The number of nitrogens with zero attached hydrogens (tertiary/aromatic N) is 4. The van der Waals surface area contributed by atoms with Crippen LogP contribution in [0, 0.1) is 13.8 Å². The molecule has 7 nitrogen and oxygen atoms in total. The summed E-state index contributed by atoms with van der Waals surface area (Å²) in [5.74, 6) is -0.416. The van der Waals surface area contributed by atoms with Crippen molar-refractivity contribution in [2.45, 2.75) is 13.8 Å². The molecule has 1 aromatic carbocycles. The van der Waals surface area contributed by atoms with Crippen molar-refractivity contribution in [1.82, 2.24) is 19.1 Å². The lowest BCUT2D eigenvalue weighted by Crippen LogP contribution is -2.22. The predicted molar refractivity (Wildman–Crippen MR) is 106 cm³/mol. The van der Waals surface area contributed by atoms with Crippen LogP contribution in [0.5, 0.6) is 0 Å². The molecule has 0 aliphatic carbocycles.